The first-order valence-corrected chi connectivity index (χ1v) is 13.8. The van der Waals surface area contributed by atoms with Gasteiger partial charge < -0.3 is 25.8 Å². The predicted molar refractivity (Wildman–Crippen MR) is 156 cm³/mol. The first kappa shape index (κ1) is 29.7. The van der Waals surface area contributed by atoms with Crippen LogP contribution in [0.25, 0.3) is 0 Å². The number of aryl methyl sites for hydroxylation is 1. The molecule has 1 saturated heterocycles. The number of phenolic OH excluding ortho intramolecular Hbond substituents is 1. The molecule has 39 heavy (non-hydrogen) atoms. The molecule has 2 heterocycles. The molecule has 0 unspecified atom stereocenters. The van der Waals surface area contributed by atoms with Crippen LogP contribution in [-0.4, -0.2) is 40.9 Å². The van der Waals surface area contributed by atoms with E-state index in [9.17, 15) is 14.7 Å². The highest BCUT2D eigenvalue weighted by atomic mass is 16.5. The average molecular weight is 532 g/mol. The molecule has 0 atom stereocenters. The van der Waals surface area contributed by atoms with E-state index < -0.39 is 0 Å². The van der Waals surface area contributed by atoms with Gasteiger partial charge in [0.1, 0.15) is 17.6 Å². The summed E-state index contributed by atoms with van der Waals surface area (Å²) < 4.78 is 6.11. The molecule has 0 bridgehead atoms. The molecule has 0 aliphatic carbocycles. The Labute approximate surface area is 232 Å². The summed E-state index contributed by atoms with van der Waals surface area (Å²) in [6.45, 7) is 10.4. The second-order valence-corrected chi connectivity index (χ2v) is 9.51. The number of amides is 1. The number of aromatic hydroxyl groups is 1. The Morgan fingerprint density at radius 2 is 1.64 bits per heavy atom. The van der Waals surface area contributed by atoms with Crippen molar-refractivity contribution in [3.05, 3.63) is 88.5 Å². The van der Waals surface area contributed by atoms with Crippen molar-refractivity contribution in [1.29, 1.82) is 0 Å². The first-order chi connectivity index (χ1) is 18.9. The highest BCUT2D eigenvalue weighted by molar-refractivity contribution is 6.04. The number of rotatable bonds is 5. The number of phenols is 1. The van der Waals surface area contributed by atoms with Gasteiger partial charge in [-0.25, -0.2) is 0 Å². The number of hydrogen-bond donors (Lipinski definition) is 3. The van der Waals surface area contributed by atoms with Crippen LogP contribution in [0.5, 0.6) is 11.5 Å². The fourth-order valence-electron chi connectivity index (χ4n) is 4.65. The van der Waals surface area contributed by atoms with Crippen LogP contribution in [0.3, 0.4) is 0 Å². The molecule has 208 valence electrons. The number of nitrogens with zero attached hydrogens (tertiary/aromatic N) is 1. The van der Waals surface area contributed by atoms with Crippen LogP contribution in [0.15, 0.2) is 60.7 Å². The SMILES string of the molecule is CC.CC(=O)c1cc(C(=O)N2Cc3ccc(OC4CCNCC4)cc3C2)c(N)cc1O.CCc1ccccc1. The maximum atomic E-state index is 13.0. The number of piperidine rings is 1. The molecule has 4 N–H and O–H groups in total. The summed E-state index contributed by atoms with van der Waals surface area (Å²) >= 11 is 0. The number of hydrogen-bond acceptors (Lipinski definition) is 6. The van der Waals surface area contributed by atoms with Gasteiger partial charge >= 0.3 is 0 Å². The van der Waals surface area contributed by atoms with Crippen LogP contribution in [0.1, 0.15) is 77.9 Å². The number of carbonyl (C=O) groups is 2. The Kier molecular flexibility index (Phi) is 10.9. The van der Waals surface area contributed by atoms with Gasteiger partial charge in [0.15, 0.2) is 5.78 Å². The van der Waals surface area contributed by atoms with Crippen molar-refractivity contribution in [2.45, 2.75) is 66.2 Å². The lowest BCUT2D eigenvalue weighted by Crippen LogP contribution is -2.34. The normalized spacial score (nSPS) is 14.3. The minimum Gasteiger partial charge on any atom is -0.507 e. The molecule has 3 aromatic carbocycles. The standard InChI is InChI=1S/C22H25N3O4.C8H10.C2H6/c1-13(26)18-9-19(20(23)10-21(18)27)22(28)25-11-14-2-3-17(8-15(14)12-25)29-16-4-6-24-7-5-16;1-2-8-6-4-3-5-7-8;1-2/h2-3,8-10,16,24,27H,4-7,11-12,23H2,1H3;3-7H,2H2,1H3;1-2H3. The summed E-state index contributed by atoms with van der Waals surface area (Å²) in [5.41, 5.74) is 9.96. The van der Waals surface area contributed by atoms with E-state index in [1.807, 2.05) is 38.1 Å². The smallest absolute Gasteiger partial charge is 0.256 e. The number of nitrogen functional groups attached to an aromatic ring is 1. The molecule has 1 amide bonds. The number of ether oxygens (including phenoxy) is 1. The van der Waals surface area contributed by atoms with Gasteiger partial charge in [-0.15, -0.1) is 0 Å². The molecule has 0 radical (unpaired) electrons. The topological polar surface area (TPSA) is 105 Å². The first-order valence-electron chi connectivity index (χ1n) is 13.8. The number of fused-ring (bicyclic) bond motifs is 1. The van der Waals surface area contributed by atoms with Crippen molar-refractivity contribution in [1.82, 2.24) is 10.2 Å². The molecular formula is C32H41N3O4. The molecule has 1 fully saturated rings. The van der Waals surface area contributed by atoms with Crippen molar-refractivity contribution in [2.75, 3.05) is 18.8 Å². The van der Waals surface area contributed by atoms with Crippen molar-refractivity contribution in [3.63, 3.8) is 0 Å². The van der Waals surface area contributed by atoms with E-state index in [0.717, 1.165) is 49.2 Å². The number of anilines is 1. The van der Waals surface area contributed by atoms with Crippen LogP contribution in [0.4, 0.5) is 5.69 Å². The maximum Gasteiger partial charge on any atom is 0.256 e. The third-order valence-electron chi connectivity index (χ3n) is 6.80. The molecule has 5 rings (SSSR count). The van der Waals surface area contributed by atoms with Gasteiger partial charge in [-0.1, -0.05) is 57.2 Å². The molecule has 0 spiro atoms. The molecule has 0 saturated carbocycles. The highest BCUT2D eigenvalue weighted by Crippen LogP contribution is 2.31. The number of nitrogens with two attached hydrogens (primary N) is 1. The highest BCUT2D eigenvalue weighted by Gasteiger charge is 2.27. The third kappa shape index (κ3) is 7.83. The monoisotopic (exact) mass is 531 g/mol. The van der Waals surface area contributed by atoms with Crippen molar-refractivity contribution < 1.29 is 19.4 Å². The molecule has 2 aliphatic rings. The number of Topliss-reactive ketones (excluding diaryl/α,β-unsaturated/α-hetero) is 1. The molecular weight excluding hydrogens is 490 g/mol. The van der Waals surface area contributed by atoms with Gasteiger partial charge in [0, 0.05) is 24.8 Å². The van der Waals surface area contributed by atoms with Crippen LogP contribution < -0.4 is 15.8 Å². The number of ketones is 1. The number of carbonyl (C=O) groups excluding carboxylic acids is 2. The largest absolute Gasteiger partial charge is 0.507 e. The van der Waals surface area contributed by atoms with Gasteiger partial charge in [0.25, 0.3) is 5.91 Å². The Hall–Kier alpha value is -3.84. The molecule has 2 aliphatic heterocycles. The number of benzene rings is 3. The fourth-order valence-corrected chi connectivity index (χ4v) is 4.65. The summed E-state index contributed by atoms with van der Waals surface area (Å²) in [6, 6.07) is 19.1. The summed E-state index contributed by atoms with van der Waals surface area (Å²) in [5.74, 6) is 0.0342. The third-order valence-corrected chi connectivity index (χ3v) is 6.80. The van der Waals surface area contributed by atoms with Gasteiger partial charge in [-0.3, -0.25) is 9.59 Å². The lowest BCUT2D eigenvalue weighted by molar-refractivity contribution is 0.0752. The molecule has 7 heteroatoms. The lowest BCUT2D eigenvalue weighted by atomic mass is 10.0. The zero-order valence-corrected chi connectivity index (χ0v) is 23.5. The van der Waals surface area contributed by atoms with E-state index in [2.05, 4.69) is 36.5 Å². The van der Waals surface area contributed by atoms with Crippen LogP contribution in [0, 0.1) is 0 Å². The van der Waals surface area contributed by atoms with Gasteiger partial charge in [0.2, 0.25) is 0 Å². The van der Waals surface area contributed by atoms with Crippen molar-refractivity contribution in [3.8, 4) is 11.5 Å². The Bertz CT molecular complexity index is 1250. The average Bonchev–Trinajstić information content (AvgIpc) is 3.39. The van der Waals surface area contributed by atoms with Crippen LogP contribution in [-0.2, 0) is 19.5 Å². The van der Waals surface area contributed by atoms with Crippen molar-refractivity contribution in [2.24, 2.45) is 0 Å². The zero-order valence-electron chi connectivity index (χ0n) is 23.5. The van der Waals surface area contributed by atoms with Gasteiger partial charge in [0.05, 0.1) is 11.1 Å². The number of nitrogens with one attached hydrogen (secondary N) is 1. The van der Waals surface area contributed by atoms with E-state index in [4.69, 9.17) is 10.5 Å². The van der Waals surface area contributed by atoms with Crippen molar-refractivity contribution >= 4 is 17.4 Å². The van der Waals surface area contributed by atoms with Gasteiger partial charge in [-0.05, 0) is 74.2 Å². The van der Waals surface area contributed by atoms with Crippen LogP contribution >= 0.6 is 0 Å². The van der Waals surface area contributed by atoms with E-state index in [0.29, 0.717) is 13.1 Å². The minimum absolute atomic E-state index is 0.0944. The predicted octanol–water partition coefficient (Wildman–Crippen LogP) is 5.74. The fraction of sp³-hybridized carbons (Fsp3) is 0.375. The quantitative estimate of drug-likeness (QED) is 0.287. The molecule has 0 aromatic heterocycles. The summed E-state index contributed by atoms with van der Waals surface area (Å²) in [4.78, 5) is 26.4. The summed E-state index contributed by atoms with van der Waals surface area (Å²) in [5, 5.41) is 13.2. The maximum absolute atomic E-state index is 13.0. The summed E-state index contributed by atoms with van der Waals surface area (Å²) in [7, 11) is 0. The van der Waals surface area contributed by atoms with E-state index in [-0.39, 0.29) is 40.4 Å². The Morgan fingerprint density at radius 3 is 2.26 bits per heavy atom. The van der Waals surface area contributed by atoms with E-state index >= 15 is 0 Å². The molecule has 3 aromatic rings. The minimum atomic E-state index is -0.319. The van der Waals surface area contributed by atoms with E-state index in [1.54, 1.807) is 4.90 Å². The lowest BCUT2D eigenvalue weighted by Gasteiger charge is -2.24. The second-order valence-electron chi connectivity index (χ2n) is 9.51. The summed E-state index contributed by atoms with van der Waals surface area (Å²) in [6.07, 6.45) is 3.33. The van der Waals surface area contributed by atoms with Gasteiger partial charge in [-0.2, -0.15) is 0 Å². The Balaban J connectivity index is 0.000000357. The molecule has 7 nitrogen and oxygen atoms in total. The zero-order chi connectivity index (χ0) is 28.4. The van der Waals surface area contributed by atoms with E-state index in [1.165, 1.54) is 24.6 Å². The Morgan fingerprint density at radius 1 is 0.974 bits per heavy atom. The van der Waals surface area contributed by atoms with Crippen LogP contribution in [0.2, 0.25) is 0 Å². The second kappa shape index (κ2) is 14.4.